The predicted octanol–water partition coefficient (Wildman–Crippen LogP) is 2.89. The van der Waals surface area contributed by atoms with Crippen LogP contribution in [0.5, 0.6) is 0 Å². The zero-order chi connectivity index (χ0) is 18.6. The molecule has 0 N–H and O–H groups in total. The number of ether oxygens (including phenoxy) is 1. The average Bonchev–Trinajstić information content (AvgIpc) is 3.34. The van der Waals surface area contributed by atoms with Crippen molar-refractivity contribution in [1.82, 2.24) is 4.90 Å². The van der Waals surface area contributed by atoms with Gasteiger partial charge in [0.25, 0.3) is 0 Å². The van der Waals surface area contributed by atoms with Crippen LogP contribution < -0.4 is 0 Å². The Hall–Kier alpha value is -3.13. The minimum atomic E-state index is -0.704. The second kappa shape index (κ2) is 5.43. The number of hydrogen-bond donors (Lipinski definition) is 0. The number of benzene rings is 2. The average molecular weight is 358 g/mol. The molecule has 134 valence electrons. The maximum Gasteiger partial charge on any atom is 0.339 e. The molecule has 0 aromatic heterocycles. The lowest BCUT2D eigenvalue weighted by Gasteiger charge is -2.27. The third-order valence-corrected chi connectivity index (χ3v) is 6.17. The molecule has 2 aliphatic heterocycles. The molecule has 0 radical (unpaired) electrons. The number of esters is 1. The van der Waals surface area contributed by atoms with E-state index in [1.165, 1.54) is 0 Å². The summed E-state index contributed by atoms with van der Waals surface area (Å²) in [7, 11) is 0. The molecule has 1 spiro atoms. The van der Waals surface area contributed by atoms with Gasteiger partial charge in [0.1, 0.15) is 0 Å². The molecule has 1 aliphatic carbocycles. The van der Waals surface area contributed by atoms with Gasteiger partial charge in [0, 0.05) is 18.5 Å². The second-order valence-electron chi connectivity index (χ2n) is 7.68. The fraction of sp³-hybridized carbons (Fsp3) is 0.318. The lowest BCUT2D eigenvalue weighted by Crippen LogP contribution is -2.40. The maximum absolute atomic E-state index is 13.3. The molecular formula is C22H18N2O3. The highest BCUT2D eigenvalue weighted by molar-refractivity contribution is 5.96. The quantitative estimate of drug-likeness (QED) is 0.774. The van der Waals surface area contributed by atoms with Crippen LogP contribution in [0.2, 0.25) is 0 Å². The molecule has 5 nitrogen and oxygen atoms in total. The third kappa shape index (κ3) is 2.23. The molecule has 3 aliphatic rings. The number of nitrogens with zero attached hydrogens (tertiary/aromatic N) is 2. The summed E-state index contributed by atoms with van der Waals surface area (Å²) in [5.74, 6) is -0.197. The normalized spacial score (nSPS) is 24.4. The summed E-state index contributed by atoms with van der Waals surface area (Å²) in [6.45, 7) is 0.991. The monoisotopic (exact) mass is 358 g/mol. The first-order valence-corrected chi connectivity index (χ1v) is 9.21. The van der Waals surface area contributed by atoms with Crippen molar-refractivity contribution < 1.29 is 14.3 Å². The number of rotatable bonds is 2. The lowest BCUT2D eigenvalue weighted by atomic mass is 9.91. The Morgan fingerprint density at radius 2 is 1.81 bits per heavy atom. The van der Waals surface area contributed by atoms with Gasteiger partial charge in [0.2, 0.25) is 5.91 Å². The number of nitriles is 1. The Bertz CT molecular complexity index is 1000. The van der Waals surface area contributed by atoms with E-state index in [1.807, 2.05) is 35.2 Å². The molecule has 2 aromatic carbocycles. The van der Waals surface area contributed by atoms with Crippen molar-refractivity contribution in [1.29, 1.82) is 5.26 Å². The second-order valence-corrected chi connectivity index (χ2v) is 7.68. The summed E-state index contributed by atoms with van der Waals surface area (Å²) in [5, 5.41) is 8.98. The van der Waals surface area contributed by atoms with E-state index >= 15 is 0 Å². The van der Waals surface area contributed by atoms with E-state index in [0.29, 0.717) is 30.6 Å². The van der Waals surface area contributed by atoms with E-state index in [-0.39, 0.29) is 11.9 Å². The molecule has 2 fully saturated rings. The highest BCUT2D eigenvalue weighted by Crippen LogP contribution is 2.52. The van der Waals surface area contributed by atoms with Crippen LogP contribution in [0, 0.1) is 11.3 Å². The Morgan fingerprint density at radius 3 is 2.52 bits per heavy atom. The summed E-state index contributed by atoms with van der Waals surface area (Å²) >= 11 is 0. The van der Waals surface area contributed by atoms with Crippen molar-refractivity contribution in [2.24, 2.45) is 0 Å². The van der Waals surface area contributed by atoms with Crippen molar-refractivity contribution in [3.05, 3.63) is 70.8 Å². The smallest absolute Gasteiger partial charge is 0.339 e. The molecular weight excluding hydrogens is 340 g/mol. The van der Waals surface area contributed by atoms with Gasteiger partial charge in [-0.25, -0.2) is 4.79 Å². The van der Waals surface area contributed by atoms with Gasteiger partial charge in [-0.05, 0) is 36.6 Å². The topological polar surface area (TPSA) is 70.4 Å². The predicted molar refractivity (Wildman–Crippen MR) is 96.8 cm³/mol. The fourth-order valence-corrected chi connectivity index (χ4v) is 4.52. The molecule has 27 heavy (non-hydrogen) atoms. The molecule has 2 heterocycles. The van der Waals surface area contributed by atoms with Crippen molar-refractivity contribution in [3.63, 3.8) is 0 Å². The van der Waals surface area contributed by atoms with Gasteiger partial charge in [-0.15, -0.1) is 0 Å². The summed E-state index contributed by atoms with van der Waals surface area (Å²) in [6.07, 6.45) is 2.26. The Balaban J connectivity index is 1.42. The molecule has 5 heteroatoms. The number of amides is 1. The summed E-state index contributed by atoms with van der Waals surface area (Å²) in [4.78, 5) is 27.4. The van der Waals surface area contributed by atoms with Crippen LogP contribution in [0.4, 0.5) is 0 Å². The first-order chi connectivity index (χ1) is 13.1. The number of carbonyl (C=O) groups is 2. The first kappa shape index (κ1) is 16.1. The third-order valence-electron chi connectivity index (χ3n) is 6.17. The van der Waals surface area contributed by atoms with Crippen LogP contribution in [0.15, 0.2) is 48.5 Å². The maximum atomic E-state index is 13.3. The highest BCUT2D eigenvalue weighted by Gasteiger charge is 2.57. The number of hydrogen-bond acceptors (Lipinski definition) is 4. The standard InChI is InChI=1S/C22H18N2O3/c23-13-15-5-7-16(8-6-15)21(9-10-21)20(26)24-12-11-22(14-24)18-4-2-1-3-17(18)19(25)27-22/h1-8H,9-12,14H2. The molecule has 1 amide bonds. The number of carbonyl (C=O) groups excluding carboxylic acids is 2. The largest absolute Gasteiger partial charge is 0.449 e. The molecule has 1 saturated heterocycles. The van der Waals surface area contributed by atoms with E-state index in [9.17, 15) is 9.59 Å². The zero-order valence-electron chi connectivity index (χ0n) is 14.8. The summed E-state index contributed by atoms with van der Waals surface area (Å²) in [5.41, 5.74) is 1.88. The van der Waals surface area contributed by atoms with Gasteiger partial charge >= 0.3 is 5.97 Å². The van der Waals surface area contributed by atoms with Crippen molar-refractivity contribution in [2.75, 3.05) is 13.1 Å². The Kier molecular flexibility index (Phi) is 3.23. The van der Waals surface area contributed by atoms with Crippen LogP contribution >= 0.6 is 0 Å². The number of likely N-dealkylation sites (tertiary alicyclic amines) is 1. The molecule has 1 saturated carbocycles. The van der Waals surface area contributed by atoms with Gasteiger partial charge in [-0.1, -0.05) is 30.3 Å². The number of fused-ring (bicyclic) bond motifs is 2. The van der Waals surface area contributed by atoms with Gasteiger partial charge in [0.15, 0.2) is 5.60 Å². The fourth-order valence-electron chi connectivity index (χ4n) is 4.52. The minimum absolute atomic E-state index is 0.101. The van der Waals surface area contributed by atoms with Crippen LogP contribution in [-0.2, 0) is 20.5 Å². The van der Waals surface area contributed by atoms with Gasteiger partial charge in [0.05, 0.1) is 29.2 Å². The van der Waals surface area contributed by atoms with E-state index in [0.717, 1.165) is 24.0 Å². The zero-order valence-corrected chi connectivity index (χ0v) is 14.8. The molecule has 1 unspecified atom stereocenters. The van der Waals surface area contributed by atoms with Crippen LogP contribution in [0.1, 0.15) is 46.3 Å². The van der Waals surface area contributed by atoms with Crippen molar-refractivity contribution >= 4 is 11.9 Å². The van der Waals surface area contributed by atoms with Crippen LogP contribution in [0.3, 0.4) is 0 Å². The first-order valence-electron chi connectivity index (χ1n) is 9.21. The van der Waals surface area contributed by atoms with Gasteiger partial charge < -0.3 is 9.64 Å². The molecule has 2 aromatic rings. The SMILES string of the molecule is N#Cc1ccc(C2(C(=O)N3CCC4(C3)OC(=O)c3ccccc34)CC2)cc1. The van der Waals surface area contributed by atoms with E-state index in [1.54, 1.807) is 18.2 Å². The lowest BCUT2D eigenvalue weighted by molar-refractivity contribution is -0.134. The molecule has 1 atom stereocenters. The molecule has 5 rings (SSSR count). The Morgan fingerprint density at radius 1 is 1.07 bits per heavy atom. The van der Waals surface area contributed by atoms with Crippen molar-refractivity contribution in [3.8, 4) is 6.07 Å². The van der Waals surface area contributed by atoms with E-state index < -0.39 is 11.0 Å². The van der Waals surface area contributed by atoms with Gasteiger partial charge in [-0.2, -0.15) is 5.26 Å². The van der Waals surface area contributed by atoms with E-state index in [4.69, 9.17) is 10.00 Å². The summed E-state index contributed by atoms with van der Waals surface area (Å²) < 4.78 is 5.76. The summed E-state index contributed by atoms with van der Waals surface area (Å²) in [6, 6.07) is 16.9. The molecule has 0 bridgehead atoms. The Labute approximate surface area is 157 Å². The van der Waals surface area contributed by atoms with Crippen LogP contribution in [0.25, 0.3) is 0 Å². The van der Waals surface area contributed by atoms with Gasteiger partial charge in [-0.3, -0.25) is 4.79 Å². The minimum Gasteiger partial charge on any atom is -0.449 e. The van der Waals surface area contributed by atoms with E-state index in [2.05, 4.69) is 6.07 Å². The van der Waals surface area contributed by atoms with Crippen molar-refractivity contribution in [2.45, 2.75) is 30.3 Å². The highest BCUT2D eigenvalue weighted by atomic mass is 16.6. The van der Waals surface area contributed by atoms with Crippen LogP contribution in [-0.4, -0.2) is 29.9 Å².